The lowest BCUT2D eigenvalue weighted by atomic mass is 9.93. The van der Waals surface area contributed by atoms with Gasteiger partial charge in [-0.15, -0.1) is 6.42 Å². The fraction of sp³-hybridized carbons (Fsp3) is 0.467. The molecule has 24 heteroatoms. The third-order valence-corrected chi connectivity index (χ3v) is 9.16. The van der Waals surface area contributed by atoms with Gasteiger partial charge in [0.1, 0.15) is 6.33 Å². The molecule has 1 saturated heterocycles. The van der Waals surface area contributed by atoms with Crippen LogP contribution in [0, 0.1) is 12.3 Å². The lowest BCUT2D eigenvalue weighted by molar-refractivity contribution is -0.165. The predicted molar refractivity (Wildman–Crippen MR) is 117 cm³/mol. The smallest absolute Gasteiger partial charge is 0.450 e. The lowest BCUT2D eigenvalue weighted by Crippen LogP contribution is -2.50. The van der Waals surface area contributed by atoms with Gasteiger partial charge in [-0.1, -0.05) is 5.92 Å². The number of aromatic nitrogens is 4. The molecule has 0 radical (unpaired) electrons. The number of hydrogen-bond donors (Lipinski definition) is 7. The van der Waals surface area contributed by atoms with E-state index in [0.29, 0.717) is 0 Å². The van der Waals surface area contributed by atoms with Crippen molar-refractivity contribution in [1.82, 2.24) is 19.5 Å². The Hall–Kier alpha value is -2.40. The van der Waals surface area contributed by atoms with Crippen molar-refractivity contribution in [3.05, 3.63) is 12.7 Å². The summed E-state index contributed by atoms with van der Waals surface area (Å²) in [5.41, 5.74) is -6.79. The predicted octanol–water partition coefficient (Wildman–Crippen LogP) is -0.590. The normalized spacial score (nSPS) is 33.0. The first kappa shape index (κ1) is 29.6. The van der Waals surface area contributed by atoms with E-state index >= 15 is 4.39 Å². The number of amides is 1. The summed E-state index contributed by atoms with van der Waals surface area (Å²) in [6, 6.07) is 0. The van der Waals surface area contributed by atoms with Gasteiger partial charge in [0.05, 0.1) is 12.9 Å². The SMILES string of the molecule is C#C[C@]1(O)[C@H](n2cnc3c(NC(=O)OCC)ncnc32)O[C@]2(F)C(OP(=O)(O)OP(=O)(O)OP(=O)(O)O)[C@@]21O. The number of fused-ring (bicyclic) bond motifs is 2. The Bertz CT molecular complexity index is 1530. The van der Waals surface area contributed by atoms with Gasteiger partial charge in [0, 0.05) is 0 Å². The average Bonchev–Trinajstić information content (AvgIpc) is 3.06. The number of halogens is 1. The summed E-state index contributed by atoms with van der Waals surface area (Å²) in [6.07, 6.45) is 1.58. The number of nitrogens with one attached hydrogen (secondary N) is 1. The maximum Gasteiger partial charge on any atom is 0.490 e. The molecule has 2 fully saturated rings. The monoisotopic (exact) mass is 619 g/mol. The molecular formula is C15H17FN5O15P3. The van der Waals surface area contributed by atoms with Gasteiger partial charge < -0.3 is 39.3 Å². The number of aliphatic hydroxyl groups is 2. The van der Waals surface area contributed by atoms with Gasteiger partial charge in [-0.3, -0.25) is 14.4 Å². The number of imidazole rings is 1. The van der Waals surface area contributed by atoms with Crippen LogP contribution in [0.1, 0.15) is 13.2 Å². The first-order valence-electron chi connectivity index (χ1n) is 10.1. The van der Waals surface area contributed by atoms with Crippen LogP contribution in [0.3, 0.4) is 0 Å². The van der Waals surface area contributed by atoms with Gasteiger partial charge in [-0.2, -0.15) is 8.62 Å². The summed E-state index contributed by atoms with van der Waals surface area (Å²) in [4.78, 5) is 59.6. The molecule has 1 aliphatic heterocycles. The van der Waals surface area contributed by atoms with Crippen LogP contribution in [-0.4, -0.2) is 85.2 Å². The number of phosphoric ester groups is 1. The molecule has 7 atom stereocenters. The van der Waals surface area contributed by atoms with Crippen LogP contribution in [-0.2, 0) is 36.3 Å². The topological polar surface area (TPSA) is 291 Å². The number of rotatable bonds is 9. The number of phosphoric acid groups is 3. The minimum atomic E-state index is -5.99. The number of hydrogen-bond acceptors (Lipinski definition) is 14. The third-order valence-electron chi connectivity index (χ3n) is 5.36. The molecule has 4 rings (SSSR count). The van der Waals surface area contributed by atoms with Gasteiger partial charge in [0.2, 0.25) is 11.2 Å². The number of anilines is 1. The van der Waals surface area contributed by atoms with Crippen molar-refractivity contribution in [1.29, 1.82) is 0 Å². The zero-order chi connectivity index (χ0) is 29.2. The Morgan fingerprint density at radius 2 is 1.87 bits per heavy atom. The Kier molecular flexibility index (Phi) is 7.07. The number of alkyl halides is 1. The van der Waals surface area contributed by atoms with E-state index in [1.807, 2.05) is 0 Å². The standard InChI is InChI=1S/C15H17FN5O15P3/c1-3-13(23)11(21-6-19-7-8(17-5-18-9(7)21)20-12(22)32-4-2)33-15(16)10(14(13,15)24)34-38(28,29)36-39(30,31)35-37(25,26)27/h1,5-6,10-11,23-24H,4H2,2H3,(H,28,29)(H,30,31)(H2,25,26,27)(H,17,18,20,22)/t10?,11-,13+,14+,15-/m1/s1. The molecule has 0 bridgehead atoms. The number of carbonyl (C=O) groups excluding carboxylic acids is 1. The lowest BCUT2D eigenvalue weighted by Gasteiger charge is -2.31. The summed E-state index contributed by atoms with van der Waals surface area (Å²) in [5, 5.41) is 24.3. The van der Waals surface area contributed by atoms with E-state index in [2.05, 4.69) is 33.4 Å². The van der Waals surface area contributed by atoms with Crippen LogP contribution in [0.5, 0.6) is 0 Å². The Balaban J connectivity index is 1.62. The Labute approximate surface area is 215 Å². The van der Waals surface area contributed by atoms with E-state index < -0.39 is 59.0 Å². The second-order valence-corrected chi connectivity index (χ2v) is 12.1. The van der Waals surface area contributed by atoms with Gasteiger partial charge >= 0.3 is 29.6 Å². The quantitative estimate of drug-likeness (QED) is 0.136. The molecule has 3 heterocycles. The number of carbonyl (C=O) groups is 1. The molecule has 2 aromatic rings. The second-order valence-electron chi connectivity index (χ2n) is 7.76. The maximum atomic E-state index is 15.7. The molecule has 1 aliphatic carbocycles. The molecule has 39 heavy (non-hydrogen) atoms. The van der Waals surface area contributed by atoms with Gasteiger partial charge in [0.15, 0.2) is 29.3 Å². The van der Waals surface area contributed by atoms with Crippen molar-refractivity contribution >= 4 is 46.5 Å². The second kappa shape index (κ2) is 9.33. The van der Waals surface area contributed by atoms with E-state index in [0.717, 1.165) is 17.2 Å². The van der Waals surface area contributed by atoms with Gasteiger partial charge in [-0.25, -0.2) is 37.8 Å². The highest BCUT2D eigenvalue weighted by molar-refractivity contribution is 7.66. The van der Waals surface area contributed by atoms with E-state index in [4.69, 9.17) is 25.7 Å². The van der Waals surface area contributed by atoms with Crippen LogP contribution < -0.4 is 5.32 Å². The largest absolute Gasteiger partial charge is 0.490 e. The van der Waals surface area contributed by atoms with Crippen LogP contribution in [0.15, 0.2) is 12.7 Å². The molecule has 1 amide bonds. The number of nitrogens with zero attached hydrogens (tertiary/aromatic N) is 4. The maximum absolute atomic E-state index is 15.7. The van der Waals surface area contributed by atoms with E-state index in [-0.39, 0.29) is 23.6 Å². The molecule has 3 unspecified atom stereocenters. The molecule has 214 valence electrons. The van der Waals surface area contributed by atoms with Crippen molar-refractivity contribution in [2.75, 3.05) is 11.9 Å². The summed E-state index contributed by atoms with van der Waals surface area (Å²) in [7, 11) is -17.7. The minimum Gasteiger partial charge on any atom is -0.450 e. The van der Waals surface area contributed by atoms with Gasteiger partial charge in [-0.05, 0) is 6.92 Å². The fourth-order valence-corrected chi connectivity index (χ4v) is 7.03. The molecule has 0 aromatic carbocycles. The van der Waals surface area contributed by atoms with Crippen molar-refractivity contribution in [2.24, 2.45) is 0 Å². The Morgan fingerprint density at radius 1 is 1.21 bits per heavy atom. The minimum absolute atomic E-state index is 0.0262. The summed E-state index contributed by atoms with van der Waals surface area (Å²) >= 11 is 0. The van der Waals surface area contributed by atoms with Crippen molar-refractivity contribution in [3.63, 3.8) is 0 Å². The van der Waals surface area contributed by atoms with Crippen molar-refractivity contribution in [3.8, 4) is 12.3 Å². The molecule has 1 saturated carbocycles. The fourth-order valence-electron chi connectivity index (χ4n) is 3.81. The zero-order valence-corrected chi connectivity index (χ0v) is 21.6. The molecular weight excluding hydrogens is 602 g/mol. The third kappa shape index (κ3) is 4.90. The van der Waals surface area contributed by atoms with Crippen molar-refractivity contribution in [2.45, 2.75) is 36.3 Å². The van der Waals surface area contributed by atoms with Crippen LogP contribution in [0.2, 0.25) is 0 Å². The highest BCUT2D eigenvalue weighted by atomic mass is 31.3. The van der Waals surface area contributed by atoms with E-state index in [9.17, 15) is 38.5 Å². The average molecular weight is 619 g/mol. The molecule has 2 aliphatic rings. The summed E-state index contributed by atoms with van der Waals surface area (Å²) < 4.78 is 72.1. The molecule has 20 nitrogen and oxygen atoms in total. The summed E-state index contributed by atoms with van der Waals surface area (Å²) in [6.45, 7) is 1.57. The van der Waals surface area contributed by atoms with Gasteiger partial charge in [0.25, 0.3) is 5.85 Å². The summed E-state index contributed by atoms with van der Waals surface area (Å²) in [5.74, 6) is -2.05. The molecule has 0 spiro atoms. The molecule has 7 N–H and O–H groups in total. The van der Waals surface area contributed by atoms with Crippen LogP contribution in [0.25, 0.3) is 11.2 Å². The van der Waals surface area contributed by atoms with E-state index in [1.54, 1.807) is 12.8 Å². The first-order chi connectivity index (χ1) is 17.8. The Morgan fingerprint density at radius 3 is 2.46 bits per heavy atom. The highest BCUT2D eigenvalue weighted by Gasteiger charge is 2.97. The highest BCUT2D eigenvalue weighted by Crippen LogP contribution is 2.74. The van der Waals surface area contributed by atoms with E-state index in [1.165, 1.54) is 0 Å². The first-order valence-corrected chi connectivity index (χ1v) is 14.6. The van der Waals surface area contributed by atoms with Crippen molar-refractivity contribution < 1.29 is 75.3 Å². The van der Waals surface area contributed by atoms with Crippen LogP contribution >= 0.6 is 23.5 Å². The zero-order valence-electron chi connectivity index (χ0n) is 19.0. The number of terminal acetylenes is 1. The van der Waals surface area contributed by atoms with Crippen LogP contribution in [0.4, 0.5) is 15.0 Å². The molecule has 2 aromatic heterocycles. The number of ether oxygens (including phenoxy) is 2.